The van der Waals surface area contributed by atoms with Crippen LogP contribution < -0.4 is 10.6 Å². The largest absolute Gasteiger partial charge is 0.452 e. The number of hydrogen-bond acceptors (Lipinski definition) is 5. The van der Waals surface area contributed by atoms with Crippen molar-refractivity contribution in [1.82, 2.24) is 20.4 Å². The second-order valence-corrected chi connectivity index (χ2v) is 7.90. The number of aromatic nitrogens is 2. The van der Waals surface area contributed by atoms with Gasteiger partial charge < -0.3 is 10.1 Å². The molecule has 0 spiro atoms. The van der Waals surface area contributed by atoms with Crippen LogP contribution >= 0.6 is 0 Å². The van der Waals surface area contributed by atoms with Gasteiger partial charge in [0.25, 0.3) is 5.91 Å². The third kappa shape index (κ3) is 6.17. The van der Waals surface area contributed by atoms with Crippen LogP contribution in [0.1, 0.15) is 44.6 Å². The van der Waals surface area contributed by atoms with E-state index in [-0.39, 0.29) is 6.42 Å². The zero-order chi connectivity index (χ0) is 21.8. The Morgan fingerprint density at radius 3 is 2.34 bits per heavy atom. The standard InChI is InChI=1S/C21H28N4O4/c1-13-17(14(2)25(24-13)16-10-8-7-9-11-16)12-18(26)29-15(3)19(27)22-20(28)23-21(4,5)6/h7-11,15H,12H2,1-6H3,(H2,22,23,27,28)/t15-/m1/s1. The predicted octanol–water partition coefficient (Wildman–Crippen LogP) is 2.59. The van der Waals surface area contributed by atoms with Gasteiger partial charge in [-0.3, -0.25) is 14.9 Å². The van der Waals surface area contributed by atoms with Crippen LogP contribution in [0, 0.1) is 13.8 Å². The summed E-state index contributed by atoms with van der Waals surface area (Å²) in [6, 6.07) is 8.96. The van der Waals surface area contributed by atoms with E-state index in [1.165, 1.54) is 6.92 Å². The van der Waals surface area contributed by atoms with Crippen LogP contribution in [0.15, 0.2) is 30.3 Å². The van der Waals surface area contributed by atoms with Crippen molar-refractivity contribution in [3.05, 3.63) is 47.3 Å². The minimum Gasteiger partial charge on any atom is -0.452 e. The average Bonchev–Trinajstić information content (AvgIpc) is 2.88. The van der Waals surface area contributed by atoms with Gasteiger partial charge in [0, 0.05) is 16.8 Å². The molecule has 2 rings (SSSR count). The van der Waals surface area contributed by atoms with Gasteiger partial charge in [0.1, 0.15) is 0 Å². The van der Waals surface area contributed by atoms with Crippen molar-refractivity contribution in [3.63, 3.8) is 0 Å². The lowest BCUT2D eigenvalue weighted by molar-refractivity contribution is -0.153. The number of benzene rings is 1. The second kappa shape index (κ2) is 8.89. The third-order valence-electron chi connectivity index (χ3n) is 4.17. The molecule has 29 heavy (non-hydrogen) atoms. The van der Waals surface area contributed by atoms with Crippen molar-refractivity contribution < 1.29 is 19.1 Å². The molecule has 156 valence electrons. The first kappa shape index (κ1) is 22.1. The third-order valence-corrected chi connectivity index (χ3v) is 4.17. The second-order valence-electron chi connectivity index (χ2n) is 7.90. The van der Waals surface area contributed by atoms with Gasteiger partial charge in [0.15, 0.2) is 6.10 Å². The van der Waals surface area contributed by atoms with Crippen molar-refractivity contribution in [2.45, 2.75) is 59.6 Å². The molecule has 1 heterocycles. The van der Waals surface area contributed by atoms with E-state index >= 15 is 0 Å². The number of nitrogens with one attached hydrogen (secondary N) is 2. The Labute approximate surface area is 170 Å². The van der Waals surface area contributed by atoms with Gasteiger partial charge in [-0.25, -0.2) is 9.48 Å². The van der Waals surface area contributed by atoms with Gasteiger partial charge in [0.2, 0.25) is 0 Å². The van der Waals surface area contributed by atoms with Crippen LogP contribution in [0.2, 0.25) is 0 Å². The van der Waals surface area contributed by atoms with Gasteiger partial charge in [-0.05, 0) is 53.7 Å². The van der Waals surface area contributed by atoms with E-state index in [1.54, 1.807) is 25.5 Å². The molecule has 3 amide bonds. The summed E-state index contributed by atoms with van der Waals surface area (Å²) >= 11 is 0. The van der Waals surface area contributed by atoms with Crippen LogP contribution in [0.4, 0.5) is 4.79 Å². The molecule has 0 unspecified atom stereocenters. The molecule has 8 nitrogen and oxygen atoms in total. The highest BCUT2D eigenvalue weighted by Gasteiger charge is 2.23. The fourth-order valence-corrected chi connectivity index (χ4v) is 2.77. The van der Waals surface area contributed by atoms with Crippen molar-refractivity contribution in [2.75, 3.05) is 0 Å². The summed E-state index contributed by atoms with van der Waals surface area (Å²) in [6.45, 7) is 10.5. The number of urea groups is 1. The number of ether oxygens (including phenoxy) is 1. The Bertz CT molecular complexity index is 897. The van der Waals surface area contributed by atoms with E-state index in [2.05, 4.69) is 15.7 Å². The topological polar surface area (TPSA) is 102 Å². The fraction of sp³-hybridized carbons (Fsp3) is 0.429. The number of para-hydroxylation sites is 1. The van der Waals surface area contributed by atoms with Crippen LogP contribution in [-0.2, 0) is 20.7 Å². The summed E-state index contributed by atoms with van der Waals surface area (Å²) in [6.07, 6.45) is -1.12. The molecule has 2 N–H and O–H groups in total. The van der Waals surface area contributed by atoms with Gasteiger partial charge in [-0.2, -0.15) is 5.10 Å². The summed E-state index contributed by atoms with van der Waals surface area (Å²) in [5.41, 5.74) is 2.69. The molecule has 0 saturated carbocycles. The summed E-state index contributed by atoms with van der Waals surface area (Å²) in [7, 11) is 0. The number of carbonyl (C=O) groups is 3. The molecule has 0 saturated heterocycles. The molecule has 1 atom stereocenters. The van der Waals surface area contributed by atoms with Crippen molar-refractivity contribution >= 4 is 17.9 Å². The lowest BCUT2D eigenvalue weighted by Crippen LogP contribution is -2.50. The van der Waals surface area contributed by atoms with Crippen molar-refractivity contribution in [1.29, 1.82) is 0 Å². The van der Waals surface area contributed by atoms with Gasteiger partial charge in [-0.15, -0.1) is 0 Å². The SMILES string of the molecule is Cc1nn(-c2ccccc2)c(C)c1CC(=O)O[C@H](C)C(=O)NC(=O)NC(C)(C)C. The first-order valence-electron chi connectivity index (χ1n) is 9.41. The van der Waals surface area contributed by atoms with E-state index in [1.807, 2.05) is 44.2 Å². The predicted molar refractivity (Wildman–Crippen MR) is 109 cm³/mol. The molecule has 0 aliphatic carbocycles. The fourth-order valence-electron chi connectivity index (χ4n) is 2.77. The highest BCUT2D eigenvalue weighted by molar-refractivity contribution is 5.97. The monoisotopic (exact) mass is 400 g/mol. The van der Waals surface area contributed by atoms with Crippen LogP contribution in [0.3, 0.4) is 0 Å². The number of nitrogens with zero attached hydrogens (tertiary/aromatic N) is 2. The molecule has 1 aromatic carbocycles. The molecule has 0 fully saturated rings. The maximum absolute atomic E-state index is 12.4. The quantitative estimate of drug-likeness (QED) is 0.751. The molecule has 0 bridgehead atoms. The first-order valence-corrected chi connectivity index (χ1v) is 9.41. The lowest BCUT2D eigenvalue weighted by atomic mass is 10.1. The summed E-state index contributed by atoms with van der Waals surface area (Å²) in [5, 5.41) is 9.28. The lowest BCUT2D eigenvalue weighted by Gasteiger charge is -2.21. The summed E-state index contributed by atoms with van der Waals surface area (Å²) in [5.74, 6) is -1.25. The Morgan fingerprint density at radius 2 is 1.76 bits per heavy atom. The molecule has 0 aliphatic rings. The molecule has 2 aromatic rings. The molecule has 0 aliphatic heterocycles. The molecule has 1 aromatic heterocycles. The maximum atomic E-state index is 12.4. The number of hydrogen-bond donors (Lipinski definition) is 2. The highest BCUT2D eigenvalue weighted by Crippen LogP contribution is 2.19. The Morgan fingerprint density at radius 1 is 1.14 bits per heavy atom. The highest BCUT2D eigenvalue weighted by atomic mass is 16.5. The number of amides is 3. The molecule has 8 heteroatoms. The number of carbonyl (C=O) groups excluding carboxylic acids is 3. The van der Waals surface area contributed by atoms with Gasteiger partial charge in [-0.1, -0.05) is 18.2 Å². The molecular weight excluding hydrogens is 372 g/mol. The van der Waals surface area contributed by atoms with Crippen LogP contribution in [0.25, 0.3) is 5.69 Å². The number of aryl methyl sites for hydroxylation is 1. The van der Waals surface area contributed by atoms with E-state index in [0.717, 1.165) is 16.9 Å². The summed E-state index contributed by atoms with van der Waals surface area (Å²) in [4.78, 5) is 36.2. The van der Waals surface area contributed by atoms with E-state index < -0.39 is 29.6 Å². The number of imide groups is 1. The zero-order valence-electron chi connectivity index (χ0n) is 17.7. The normalized spacial score (nSPS) is 12.2. The smallest absolute Gasteiger partial charge is 0.321 e. The van der Waals surface area contributed by atoms with Gasteiger partial charge in [0.05, 0.1) is 17.8 Å². The van der Waals surface area contributed by atoms with Gasteiger partial charge >= 0.3 is 12.0 Å². The van der Waals surface area contributed by atoms with Crippen molar-refractivity contribution in [3.8, 4) is 5.69 Å². The zero-order valence-corrected chi connectivity index (χ0v) is 17.7. The minimum atomic E-state index is -1.10. The Balaban J connectivity index is 1.99. The number of rotatable bonds is 5. The Kier molecular flexibility index (Phi) is 6.79. The maximum Gasteiger partial charge on any atom is 0.321 e. The minimum absolute atomic E-state index is 0.0176. The van der Waals surface area contributed by atoms with Crippen molar-refractivity contribution in [2.24, 2.45) is 0 Å². The Hall–Kier alpha value is -3.16. The van der Waals surface area contributed by atoms with E-state index in [0.29, 0.717) is 5.69 Å². The van der Waals surface area contributed by atoms with Crippen LogP contribution in [-0.4, -0.2) is 39.3 Å². The van der Waals surface area contributed by atoms with E-state index in [4.69, 9.17) is 4.74 Å². The molecule has 0 radical (unpaired) electrons. The van der Waals surface area contributed by atoms with E-state index in [9.17, 15) is 14.4 Å². The first-order chi connectivity index (χ1) is 13.5. The molecular formula is C21H28N4O4. The average molecular weight is 400 g/mol. The van der Waals surface area contributed by atoms with Crippen LogP contribution in [0.5, 0.6) is 0 Å². The summed E-state index contributed by atoms with van der Waals surface area (Å²) < 4.78 is 6.97. The number of esters is 1.